The van der Waals surface area contributed by atoms with Crippen LogP contribution in [0.4, 0.5) is 10.8 Å². The van der Waals surface area contributed by atoms with Gasteiger partial charge in [-0.1, -0.05) is 18.2 Å². The summed E-state index contributed by atoms with van der Waals surface area (Å²) in [6, 6.07) is 9.44. The van der Waals surface area contributed by atoms with Gasteiger partial charge in [-0.05, 0) is 39.4 Å². The maximum absolute atomic E-state index is 12.3. The summed E-state index contributed by atoms with van der Waals surface area (Å²) < 4.78 is 25.7. The number of aryl methyl sites for hydroxylation is 1. The first-order chi connectivity index (χ1) is 15.6. The quantitative estimate of drug-likeness (QED) is 0.506. The number of carbonyl (C=O) groups excluding carboxylic acids is 1. The Labute approximate surface area is 198 Å². The van der Waals surface area contributed by atoms with Crippen LogP contribution in [0.1, 0.15) is 42.0 Å². The minimum absolute atomic E-state index is 0.0793. The molecule has 0 aliphatic carbocycles. The predicted molar refractivity (Wildman–Crippen MR) is 131 cm³/mol. The fourth-order valence-electron chi connectivity index (χ4n) is 4.33. The Morgan fingerprint density at radius 1 is 1.21 bits per heavy atom. The number of hydrogen-bond donors (Lipinski definition) is 0. The van der Waals surface area contributed by atoms with Crippen molar-refractivity contribution >= 4 is 37.9 Å². The van der Waals surface area contributed by atoms with Crippen LogP contribution < -0.4 is 4.90 Å². The molecule has 0 radical (unpaired) electrons. The van der Waals surface area contributed by atoms with Crippen molar-refractivity contribution in [2.75, 3.05) is 23.5 Å². The second-order valence-electron chi connectivity index (χ2n) is 8.63. The molecule has 1 aliphatic rings. The van der Waals surface area contributed by atoms with E-state index in [4.69, 9.17) is 4.98 Å². The lowest BCUT2D eigenvalue weighted by atomic mass is 10.1. The van der Waals surface area contributed by atoms with Gasteiger partial charge in [0.05, 0.1) is 34.6 Å². The number of thiazole rings is 1. The van der Waals surface area contributed by atoms with Crippen molar-refractivity contribution in [3.8, 4) is 0 Å². The maximum atomic E-state index is 12.3. The van der Waals surface area contributed by atoms with Gasteiger partial charge in [-0.2, -0.15) is 5.10 Å². The van der Waals surface area contributed by atoms with Crippen LogP contribution >= 0.6 is 11.3 Å². The number of benzene rings is 1. The molecule has 1 aromatic carbocycles. The smallest absolute Gasteiger partial charge is 0.230 e. The molecule has 1 atom stereocenters. The Morgan fingerprint density at radius 2 is 1.94 bits per heavy atom. The number of nitrogens with zero attached hydrogens (tertiary/aromatic N) is 5. The number of amides is 1. The Kier molecular flexibility index (Phi) is 6.69. The average Bonchev–Trinajstić information content (AvgIpc) is 3.42. The van der Waals surface area contributed by atoms with Gasteiger partial charge in [-0.15, -0.1) is 11.3 Å². The zero-order chi connectivity index (χ0) is 23.8. The summed E-state index contributed by atoms with van der Waals surface area (Å²) >= 11 is 1.45. The van der Waals surface area contributed by atoms with Gasteiger partial charge < -0.3 is 0 Å². The standard InChI is InChI=1S/C23H29N5O3S2/c1-16-22(17(2)28(25-16)21-10-11-33(30,31)15-21)13-26(4)12-19-14-32-23(24-19)27(18(3)29)20-8-6-5-7-9-20/h5-9,14,21H,10-13,15H2,1-4H3. The minimum Gasteiger partial charge on any atom is -0.296 e. The first kappa shape index (κ1) is 23.6. The Morgan fingerprint density at radius 3 is 2.58 bits per heavy atom. The Bertz CT molecular complexity index is 1250. The summed E-state index contributed by atoms with van der Waals surface area (Å²) in [6.07, 6.45) is 0.620. The molecule has 176 valence electrons. The molecule has 0 spiro atoms. The van der Waals surface area contributed by atoms with Crippen molar-refractivity contribution in [1.29, 1.82) is 0 Å². The highest BCUT2D eigenvalue weighted by Crippen LogP contribution is 2.30. The van der Waals surface area contributed by atoms with Crippen molar-refractivity contribution in [3.05, 3.63) is 58.4 Å². The molecule has 3 heterocycles. The highest BCUT2D eigenvalue weighted by molar-refractivity contribution is 7.91. The van der Waals surface area contributed by atoms with Gasteiger partial charge in [-0.25, -0.2) is 13.4 Å². The van der Waals surface area contributed by atoms with E-state index in [1.807, 2.05) is 61.3 Å². The van der Waals surface area contributed by atoms with E-state index in [1.54, 1.807) is 11.8 Å². The third kappa shape index (κ3) is 5.18. The van der Waals surface area contributed by atoms with Gasteiger partial charge in [0.15, 0.2) is 15.0 Å². The lowest BCUT2D eigenvalue weighted by Gasteiger charge is -2.18. The van der Waals surface area contributed by atoms with E-state index in [0.717, 1.165) is 28.3 Å². The molecule has 4 rings (SSSR count). The maximum Gasteiger partial charge on any atom is 0.230 e. The molecule has 10 heteroatoms. The third-order valence-electron chi connectivity index (χ3n) is 5.95. The zero-order valence-corrected chi connectivity index (χ0v) is 21.0. The van der Waals surface area contributed by atoms with Gasteiger partial charge in [0.1, 0.15) is 0 Å². The molecular weight excluding hydrogens is 458 g/mol. The number of sulfone groups is 1. The topological polar surface area (TPSA) is 88.4 Å². The van der Waals surface area contributed by atoms with E-state index < -0.39 is 9.84 Å². The largest absolute Gasteiger partial charge is 0.296 e. The van der Waals surface area contributed by atoms with Crippen LogP contribution in [0.15, 0.2) is 35.7 Å². The molecular formula is C23H29N5O3S2. The van der Waals surface area contributed by atoms with E-state index in [2.05, 4.69) is 10.00 Å². The van der Waals surface area contributed by atoms with Crippen LogP contribution in [0.2, 0.25) is 0 Å². The molecule has 33 heavy (non-hydrogen) atoms. The van der Waals surface area contributed by atoms with Crippen LogP contribution in [0.5, 0.6) is 0 Å². The Balaban J connectivity index is 1.47. The van der Waals surface area contributed by atoms with E-state index in [0.29, 0.717) is 24.6 Å². The summed E-state index contributed by atoms with van der Waals surface area (Å²) in [5, 5.41) is 7.30. The first-order valence-electron chi connectivity index (χ1n) is 10.9. The lowest BCUT2D eigenvalue weighted by Crippen LogP contribution is -2.23. The Hall–Kier alpha value is -2.56. The summed E-state index contributed by atoms with van der Waals surface area (Å²) in [4.78, 5) is 20.8. The fraction of sp³-hybridized carbons (Fsp3) is 0.435. The number of carbonyl (C=O) groups is 1. The highest BCUT2D eigenvalue weighted by Gasteiger charge is 2.31. The molecule has 1 amide bonds. The molecule has 0 N–H and O–H groups in total. The second-order valence-corrected chi connectivity index (χ2v) is 11.7. The second kappa shape index (κ2) is 9.36. The molecule has 2 aromatic heterocycles. The lowest BCUT2D eigenvalue weighted by molar-refractivity contribution is -0.115. The normalized spacial score (nSPS) is 17.5. The molecule has 1 saturated heterocycles. The summed E-state index contributed by atoms with van der Waals surface area (Å²) in [5.41, 5.74) is 4.75. The number of hydrogen-bond acceptors (Lipinski definition) is 7. The first-order valence-corrected chi connectivity index (χ1v) is 13.6. The van der Waals surface area contributed by atoms with Gasteiger partial charge in [0.2, 0.25) is 5.91 Å². The molecule has 1 fully saturated rings. The number of rotatable bonds is 7. The summed E-state index contributed by atoms with van der Waals surface area (Å²) in [5.74, 6) is 0.320. The SMILES string of the molecule is CC(=O)N(c1ccccc1)c1nc(CN(C)Cc2c(C)nn(C3CCS(=O)(=O)C3)c2C)cs1. The third-order valence-corrected chi connectivity index (χ3v) is 8.57. The molecule has 1 unspecified atom stereocenters. The van der Waals surface area contributed by atoms with Crippen LogP contribution in [0.25, 0.3) is 0 Å². The minimum atomic E-state index is -2.97. The van der Waals surface area contributed by atoms with E-state index in [-0.39, 0.29) is 23.5 Å². The molecule has 0 saturated carbocycles. The van der Waals surface area contributed by atoms with Crippen LogP contribution in [0.3, 0.4) is 0 Å². The zero-order valence-electron chi connectivity index (χ0n) is 19.4. The average molecular weight is 488 g/mol. The van der Waals surface area contributed by atoms with Gasteiger partial charge in [0, 0.05) is 36.7 Å². The van der Waals surface area contributed by atoms with Crippen molar-refractivity contribution in [1.82, 2.24) is 19.7 Å². The predicted octanol–water partition coefficient (Wildman–Crippen LogP) is 3.63. The van der Waals surface area contributed by atoms with Crippen LogP contribution in [0, 0.1) is 13.8 Å². The molecule has 1 aliphatic heterocycles. The summed E-state index contributed by atoms with van der Waals surface area (Å²) in [7, 11) is -0.942. The van der Waals surface area contributed by atoms with Crippen molar-refractivity contribution < 1.29 is 13.2 Å². The van der Waals surface area contributed by atoms with E-state index in [9.17, 15) is 13.2 Å². The van der Waals surface area contributed by atoms with Gasteiger partial charge in [-0.3, -0.25) is 19.3 Å². The van der Waals surface area contributed by atoms with Gasteiger partial charge >= 0.3 is 0 Å². The number of aromatic nitrogens is 3. The van der Waals surface area contributed by atoms with Crippen LogP contribution in [-0.4, -0.2) is 52.5 Å². The molecule has 8 nitrogen and oxygen atoms in total. The van der Waals surface area contributed by atoms with Crippen molar-refractivity contribution in [2.24, 2.45) is 0 Å². The highest BCUT2D eigenvalue weighted by atomic mass is 32.2. The van der Waals surface area contributed by atoms with Crippen LogP contribution in [-0.2, 0) is 27.7 Å². The number of para-hydroxylation sites is 1. The number of anilines is 2. The summed E-state index contributed by atoms with van der Waals surface area (Å²) in [6.45, 7) is 6.83. The fourth-order valence-corrected chi connectivity index (χ4v) is 6.90. The van der Waals surface area contributed by atoms with E-state index >= 15 is 0 Å². The monoisotopic (exact) mass is 487 g/mol. The molecule has 0 bridgehead atoms. The van der Waals surface area contributed by atoms with Crippen molar-refractivity contribution in [2.45, 2.75) is 46.3 Å². The van der Waals surface area contributed by atoms with Gasteiger partial charge in [0.25, 0.3) is 0 Å². The molecule has 3 aromatic rings. The van der Waals surface area contributed by atoms with Crippen molar-refractivity contribution in [3.63, 3.8) is 0 Å². The van der Waals surface area contributed by atoms with E-state index in [1.165, 1.54) is 11.3 Å².